The normalized spacial score (nSPS) is 8.75. The monoisotopic (exact) mass is 114 g/mol. The van der Waals surface area contributed by atoms with Gasteiger partial charge in [-0.1, -0.05) is 0 Å². The van der Waals surface area contributed by atoms with Crippen molar-refractivity contribution in [1.82, 2.24) is 0 Å². The average Bonchev–Trinajstić information content (AvgIpc) is 1.81. The first-order valence-corrected chi connectivity index (χ1v) is 3.07. The van der Waals surface area contributed by atoms with Crippen molar-refractivity contribution in [1.29, 1.82) is 0 Å². The minimum atomic E-state index is 0.727. The molecular formula is C4H12B2O2. The second kappa shape index (κ2) is 7.05. The minimum absolute atomic E-state index is 0.727. The zero-order valence-corrected chi connectivity index (χ0v) is 5.64. The van der Waals surface area contributed by atoms with Gasteiger partial charge in [0.2, 0.25) is 0 Å². The van der Waals surface area contributed by atoms with Crippen LogP contribution in [0.3, 0.4) is 0 Å². The van der Waals surface area contributed by atoms with Crippen LogP contribution in [0, 0.1) is 0 Å². The molecule has 0 fully saturated rings. The summed E-state index contributed by atoms with van der Waals surface area (Å²) in [6, 6.07) is 0. The van der Waals surface area contributed by atoms with Gasteiger partial charge in [0, 0.05) is 13.2 Å². The SMILES string of the molecule is CCOBBOCC. The Morgan fingerprint density at radius 2 is 1.38 bits per heavy atom. The summed E-state index contributed by atoms with van der Waals surface area (Å²) >= 11 is 0. The van der Waals surface area contributed by atoms with Gasteiger partial charge in [-0.15, -0.1) is 0 Å². The Balaban J connectivity index is 2.53. The molecule has 0 aliphatic heterocycles. The Bertz CT molecular complexity index is 37.0. The Morgan fingerprint density at radius 1 is 1.00 bits per heavy atom. The standard InChI is InChI=1S/C4H12B2O2/c1-3-7-5-6-8-4-2/h5-6H,3-4H2,1-2H3. The van der Waals surface area contributed by atoms with Crippen LogP contribution < -0.4 is 0 Å². The van der Waals surface area contributed by atoms with Crippen molar-refractivity contribution < 1.29 is 9.31 Å². The number of hydrogen-bond acceptors (Lipinski definition) is 2. The quantitative estimate of drug-likeness (QED) is 0.360. The van der Waals surface area contributed by atoms with Gasteiger partial charge >= 0.3 is 0 Å². The van der Waals surface area contributed by atoms with E-state index < -0.39 is 0 Å². The van der Waals surface area contributed by atoms with Crippen LogP contribution in [0.25, 0.3) is 0 Å². The first kappa shape index (κ1) is 8.05. The molecule has 4 heteroatoms. The summed E-state index contributed by atoms with van der Waals surface area (Å²) in [5, 5.41) is 0. The summed E-state index contributed by atoms with van der Waals surface area (Å²) in [6.45, 7) is 5.53. The molecule has 0 aliphatic rings. The molecule has 0 aromatic heterocycles. The highest BCUT2D eigenvalue weighted by Gasteiger charge is 1.90. The molecule has 46 valence electrons. The predicted molar refractivity (Wildman–Crippen MR) is 37.6 cm³/mol. The third-order valence-electron chi connectivity index (χ3n) is 0.780. The summed E-state index contributed by atoms with van der Waals surface area (Å²) in [5.41, 5.74) is 0. The van der Waals surface area contributed by atoms with Gasteiger partial charge in [-0.25, -0.2) is 0 Å². The molecule has 0 N–H and O–H groups in total. The van der Waals surface area contributed by atoms with Crippen molar-refractivity contribution in [3.05, 3.63) is 0 Å². The molecule has 0 bridgehead atoms. The first-order chi connectivity index (χ1) is 3.91. The van der Waals surface area contributed by atoms with Gasteiger partial charge in [0.05, 0.1) is 0 Å². The van der Waals surface area contributed by atoms with Crippen LogP contribution in [0.1, 0.15) is 13.8 Å². The third-order valence-corrected chi connectivity index (χ3v) is 0.780. The van der Waals surface area contributed by atoms with E-state index in [1.807, 2.05) is 13.8 Å². The molecule has 0 aromatic rings. The fourth-order valence-corrected chi connectivity index (χ4v) is 0.407. The third kappa shape index (κ3) is 6.05. The topological polar surface area (TPSA) is 18.5 Å². The summed E-state index contributed by atoms with van der Waals surface area (Å²) in [4.78, 5) is 0. The fraction of sp³-hybridized carbons (Fsp3) is 1.00. The molecule has 0 atom stereocenters. The molecule has 0 radical (unpaired) electrons. The van der Waals surface area contributed by atoms with E-state index in [-0.39, 0.29) is 0 Å². The lowest BCUT2D eigenvalue weighted by atomic mass is 9.64. The van der Waals surface area contributed by atoms with E-state index in [4.69, 9.17) is 9.31 Å². The molecule has 0 unspecified atom stereocenters. The lowest BCUT2D eigenvalue weighted by molar-refractivity contribution is 0.345. The largest absolute Gasteiger partial charge is 0.446 e. The molecule has 0 saturated carbocycles. The van der Waals surface area contributed by atoms with Crippen molar-refractivity contribution >= 4 is 14.7 Å². The van der Waals surface area contributed by atoms with E-state index in [2.05, 4.69) is 0 Å². The molecule has 2 nitrogen and oxygen atoms in total. The number of rotatable bonds is 5. The molecule has 0 heterocycles. The maximum Gasteiger partial charge on any atom is 0.271 e. The summed E-state index contributed by atoms with van der Waals surface area (Å²) in [6.07, 6.45) is 0. The highest BCUT2D eigenvalue weighted by atomic mass is 16.5. The zero-order valence-electron chi connectivity index (χ0n) is 5.64. The van der Waals surface area contributed by atoms with Crippen LogP contribution in [0.2, 0.25) is 0 Å². The van der Waals surface area contributed by atoms with Crippen molar-refractivity contribution in [2.24, 2.45) is 0 Å². The van der Waals surface area contributed by atoms with Crippen molar-refractivity contribution in [2.75, 3.05) is 13.2 Å². The highest BCUT2D eigenvalue weighted by molar-refractivity contribution is 6.93. The average molecular weight is 114 g/mol. The summed E-state index contributed by atoms with van der Waals surface area (Å²) in [5.74, 6) is 0. The molecule has 0 aromatic carbocycles. The van der Waals surface area contributed by atoms with Crippen LogP contribution in [0.15, 0.2) is 0 Å². The maximum atomic E-state index is 5.01. The van der Waals surface area contributed by atoms with Gasteiger partial charge in [0.1, 0.15) is 0 Å². The van der Waals surface area contributed by atoms with Crippen LogP contribution in [-0.2, 0) is 9.31 Å². The van der Waals surface area contributed by atoms with Crippen molar-refractivity contribution in [2.45, 2.75) is 13.8 Å². The molecule has 8 heavy (non-hydrogen) atoms. The number of hydrogen-bond donors (Lipinski definition) is 0. The first-order valence-electron chi connectivity index (χ1n) is 3.07. The Morgan fingerprint density at radius 3 is 1.62 bits per heavy atom. The molecule has 0 amide bonds. The maximum absolute atomic E-state index is 5.01. The molecule has 0 aliphatic carbocycles. The predicted octanol–water partition coefficient (Wildman–Crippen LogP) is -0.323. The smallest absolute Gasteiger partial charge is 0.271 e. The van der Waals surface area contributed by atoms with Gasteiger partial charge in [-0.3, -0.25) is 0 Å². The van der Waals surface area contributed by atoms with E-state index in [1.54, 1.807) is 0 Å². The second-order valence-electron chi connectivity index (χ2n) is 1.39. The second-order valence-corrected chi connectivity index (χ2v) is 1.39. The van der Waals surface area contributed by atoms with Gasteiger partial charge < -0.3 is 9.31 Å². The van der Waals surface area contributed by atoms with Gasteiger partial charge in [-0.2, -0.15) is 0 Å². The van der Waals surface area contributed by atoms with E-state index >= 15 is 0 Å². The molecule has 0 spiro atoms. The van der Waals surface area contributed by atoms with Crippen molar-refractivity contribution in [3.63, 3.8) is 0 Å². The fourth-order valence-electron chi connectivity index (χ4n) is 0.407. The molecule has 0 saturated heterocycles. The molecular weight excluding hydrogens is 102 g/mol. The van der Waals surface area contributed by atoms with E-state index in [1.165, 1.54) is 0 Å². The lowest BCUT2D eigenvalue weighted by Crippen LogP contribution is -2.11. The molecule has 0 rings (SSSR count). The van der Waals surface area contributed by atoms with Gasteiger partial charge in [0.15, 0.2) is 0 Å². The minimum Gasteiger partial charge on any atom is -0.446 e. The Labute approximate surface area is 52.1 Å². The van der Waals surface area contributed by atoms with Crippen LogP contribution in [0.5, 0.6) is 0 Å². The van der Waals surface area contributed by atoms with E-state index in [0.29, 0.717) is 0 Å². The van der Waals surface area contributed by atoms with Crippen molar-refractivity contribution in [3.8, 4) is 0 Å². The summed E-state index contributed by atoms with van der Waals surface area (Å²) < 4.78 is 10.0. The van der Waals surface area contributed by atoms with Crippen LogP contribution in [-0.4, -0.2) is 28.0 Å². The lowest BCUT2D eigenvalue weighted by Gasteiger charge is -1.95. The van der Waals surface area contributed by atoms with Crippen LogP contribution >= 0.6 is 0 Å². The zero-order chi connectivity index (χ0) is 6.24. The van der Waals surface area contributed by atoms with Gasteiger partial charge in [-0.05, 0) is 13.8 Å². The Hall–Kier alpha value is 0.0499. The summed E-state index contributed by atoms with van der Waals surface area (Å²) in [7, 11) is 1.45. The van der Waals surface area contributed by atoms with E-state index in [0.717, 1.165) is 28.0 Å². The van der Waals surface area contributed by atoms with Crippen LogP contribution in [0.4, 0.5) is 0 Å². The van der Waals surface area contributed by atoms with E-state index in [9.17, 15) is 0 Å². The van der Waals surface area contributed by atoms with Gasteiger partial charge in [0.25, 0.3) is 14.7 Å². The highest BCUT2D eigenvalue weighted by Crippen LogP contribution is 1.69. The Kier molecular flexibility index (Phi) is 7.09.